The van der Waals surface area contributed by atoms with Crippen LogP contribution in [0.1, 0.15) is 29.7 Å². The zero-order valence-corrected chi connectivity index (χ0v) is 22.3. The van der Waals surface area contributed by atoms with Crippen molar-refractivity contribution in [2.24, 2.45) is 4.99 Å². The number of aromatic nitrogens is 1. The molecule has 0 bridgehead atoms. The molecule has 2 heterocycles. The highest BCUT2D eigenvalue weighted by molar-refractivity contribution is 7.07. The molecule has 202 valence electrons. The molecule has 0 amide bonds. The van der Waals surface area contributed by atoms with Gasteiger partial charge in [-0.05, 0) is 42.3 Å². The van der Waals surface area contributed by atoms with E-state index in [4.69, 9.17) is 14.5 Å². The highest BCUT2D eigenvalue weighted by Gasteiger charge is 2.35. The normalized spacial score (nSPS) is 14.8. The van der Waals surface area contributed by atoms with E-state index in [1.165, 1.54) is 36.0 Å². The van der Waals surface area contributed by atoms with E-state index in [2.05, 4.69) is 0 Å². The topological polar surface area (TPSA) is 133 Å². The molecular formula is C29H23N3O7S. The molecular weight excluding hydrogens is 534 g/mol. The lowest BCUT2D eigenvalue weighted by Crippen LogP contribution is -2.40. The van der Waals surface area contributed by atoms with E-state index >= 15 is 0 Å². The number of rotatable bonds is 7. The first-order valence-corrected chi connectivity index (χ1v) is 13.0. The van der Waals surface area contributed by atoms with E-state index in [1.807, 2.05) is 30.3 Å². The number of phenolic OH excluding ortho intramolecular Hbond substituents is 1. The molecule has 0 saturated carbocycles. The second-order valence-corrected chi connectivity index (χ2v) is 9.72. The van der Waals surface area contributed by atoms with Crippen LogP contribution >= 0.6 is 11.3 Å². The van der Waals surface area contributed by atoms with E-state index in [1.54, 1.807) is 31.2 Å². The summed E-state index contributed by atoms with van der Waals surface area (Å²) in [5.74, 6) is -0.549. The summed E-state index contributed by atoms with van der Waals surface area (Å²) >= 11 is 1.09. The van der Waals surface area contributed by atoms with Crippen molar-refractivity contribution in [3.63, 3.8) is 0 Å². The van der Waals surface area contributed by atoms with Gasteiger partial charge in [0.1, 0.15) is 5.75 Å². The Morgan fingerprint density at radius 3 is 2.62 bits per heavy atom. The molecule has 5 rings (SSSR count). The number of aromatic hydroxyl groups is 1. The van der Waals surface area contributed by atoms with Gasteiger partial charge in [-0.25, -0.2) is 9.79 Å². The molecule has 40 heavy (non-hydrogen) atoms. The molecule has 0 aliphatic carbocycles. The lowest BCUT2D eigenvalue weighted by atomic mass is 9.93. The molecule has 1 atom stereocenters. The zero-order valence-electron chi connectivity index (χ0n) is 21.4. The third-order valence-corrected chi connectivity index (χ3v) is 7.26. The molecule has 10 nitrogen and oxygen atoms in total. The van der Waals surface area contributed by atoms with Gasteiger partial charge >= 0.3 is 11.7 Å². The van der Waals surface area contributed by atoms with Crippen LogP contribution in [-0.2, 0) is 9.53 Å². The summed E-state index contributed by atoms with van der Waals surface area (Å²) in [6.07, 6.45) is 1.50. The number of esters is 1. The average Bonchev–Trinajstić information content (AvgIpc) is 3.27. The maximum absolute atomic E-state index is 13.9. The summed E-state index contributed by atoms with van der Waals surface area (Å²) in [7, 11) is 1.53. The van der Waals surface area contributed by atoms with Crippen molar-refractivity contribution < 1.29 is 24.3 Å². The Bertz CT molecular complexity index is 1840. The van der Waals surface area contributed by atoms with E-state index in [9.17, 15) is 24.8 Å². The molecule has 1 N–H and O–H groups in total. The Morgan fingerprint density at radius 1 is 1.15 bits per heavy atom. The van der Waals surface area contributed by atoms with Gasteiger partial charge in [0, 0.05) is 11.6 Å². The smallest absolute Gasteiger partial charge is 0.338 e. The fourth-order valence-corrected chi connectivity index (χ4v) is 5.50. The highest BCUT2D eigenvalue weighted by Crippen LogP contribution is 2.36. The van der Waals surface area contributed by atoms with Crippen molar-refractivity contribution >= 4 is 34.8 Å². The SMILES string of the molecule is CCOC(=O)C1=C(c2ccccc2)N=c2s/c(=C\c3ccc(O)c([N+](=O)[O-])c3)c(=O)n2[C@H]1c1cccc(OC)c1. The van der Waals surface area contributed by atoms with E-state index in [0.717, 1.165) is 11.3 Å². The molecule has 3 aromatic carbocycles. The van der Waals surface area contributed by atoms with Crippen LogP contribution in [0.5, 0.6) is 11.5 Å². The first-order chi connectivity index (χ1) is 19.3. The van der Waals surface area contributed by atoms with Gasteiger partial charge in [-0.15, -0.1) is 0 Å². The Morgan fingerprint density at radius 2 is 1.93 bits per heavy atom. The van der Waals surface area contributed by atoms with Gasteiger partial charge in [-0.1, -0.05) is 59.9 Å². The molecule has 1 aliphatic heterocycles. The predicted molar refractivity (Wildman–Crippen MR) is 149 cm³/mol. The number of benzene rings is 3. The van der Waals surface area contributed by atoms with Crippen LogP contribution in [0.2, 0.25) is 0 Å². The van der Waals surface area contributed by atoms with Gasteiger partial charge in [0.15, 0.2) is 10.6 Å². The van der Waals surface area contributed by atoms with Crippen LogP contribution in [0.25, 0.3) is 11.8 Å². The second-order valence-electron chi connectivity index (χ2n) is 8.71. The van der Waals surface area contributed by atoms with Gasteiger partial charge in [0.2, 0.25) is 0 Å². The van der Waals surface area contributed by atoms with Crippen LogP contribution < -0.4 is 19.6 Å². The number of nitro groups is 1. The fraction of sp³-hybridized carbons (Fsp3) is 0.138. The molecule has 11 heteroatoms. The van der Waals surface area contributed by atoms with Crippen molar-refractivity contribution in [3.8, 4) is 11.5 Å². The third-order valence-electron chi connectivity index (χ3n) is 6.28. The number of fused-ring (bicyclic) bond motifs is 1. The van der Waals surface area contributed by atoms with Gasteiger partial charge in [-0.3, -0.25) is 19.5 Å². The summed E-state index contributed by atoms with van der Waals surface area (Å²) in [5.41, 5.74) is 1.28. The lowest BCUT2D eigenvalue weighted by Gasteiger charge is -2.26. The van der Waals surface area contributed by atoms with Crippen molar-refractivity contribution in [1.29, 1.82) is 0 Å². The van der Waals surface area contributed by atoms with E-state index < -0.39 is 33.9 Å². The third kappa shape index (κ3) is 4.90. The molecule has 1 aromatic heterocycles. The van der Waals surface area contributed by atoms with Crippen LogP contribution in [0, 0.1) is 10.1 Å². The Balaban J connectivity index is 1.82. The minimum atomic E-state index is -0.892. The first kappa shape index (κ1) is 26.6. The van der Waals surface area contributed by atoms with Gasteiger partial charge in [0.05, 0.1) is 40.5 Å². The number of carbonyl (C=O) groups excluding carboxylic acids is 1. The average molecular weight is 558 g/mol. The second kappa shape index (κ2) is 11.0. The quantitative estimate of drug-likeness (QED) is 0.209. The fourth-order valence-electron chi connectivity index (χ4n) is 4.50. The summed E-state index contributed by atoms with van der Waals surface area (Å²) < 4.78 is 12.5. The highest BCUT2D eigenvalue weighted by atomic mass is 32.1. The number of nitrogens with zero attached hydrogens (tertiary/aromatic N) is 3. The Labute approximate surface area is 231 Å². The van der Waals surface area contributed by atoms with Crippen molar-refractivity contribution in [2.45, 2.75) is 13.0 Å². The Hall–Kier alpha value is -5.03. The summed E-state index contributed by atoms with van der Waals surface area (Å²) in [5, 5.41) is 21.2. The van der Waals surface area contributed by atoms with Gasteiger partial charge < -0.3 is 14.6 Å². The summed E-state index contributed by atoms with van der Waals surface area (Å²) in [4.78, 5) is 43.1. The van der Waals surface area contributed by atoms with Crippen molar-refractivity contribution in [2.75, 3.05) is 13.7 Å². The van der Waals surface area contributed by atoms with E-state index in [0.29, 0.717) is 32.9 Å². The molecule has 4 aromatic rings. The predicted octanol–water partition coefficient (Wildman–Crippen LogP) is 3.56. The van der Waals surface area contributed by atoms with Crippen molar-refractivity contribution in [3.05, 3.63) is 125 Å². The minimum absolute atomic E-state index is 0.124. The maximum Gasteiger partial charge on any atom is 0.338 e. The molecule has 0 fully saturated rings. The summed E-state index contributed by atoms with van der Waals surface area (Å²) in [6, 6.07) is 19.2. The monoisotopic (exact) mass is 557 g/mol. The Kier molecular flexibility index (Phi) is 7.30. The number of hydrogen-bond donors (Lipinski definition) is 1. The number of methoxy groups -OCH3 is 1. The molecule has 0 saturated heterocycles. The molecule has 0 radical (unpaired) electrons. The number of hydrogen-bond acceptors (Lipinski definition) is 9. The van der Waals surface area contributed by atoms with Crippen LogP contribution in [-0.4, -0.2) is 34.3 Å². The molecule has 0 spiro atoms. The van der Waals surface area contributed by atoms with E-state index in [-0.39, 0.29) is 16.7 Å². The van der Waals surface area contributed by atoms with Crippen LogP contribution in [0.3, 0.4) is 0 Å². The number of phenols is 1. The molecule has 1 aliphatic rings. The van der Waals surface area contributed by atoms with Crippen molar-refractivity contribution in [1.82, 2.24) is 4.57 Å². The number of thiazole rings is 1. The standard InChI is InChI=1S/C29H23N3O7S/c1-3-39-28(35)24-25(18-8-5-4-6-9-18)30-29-31(26(24)19-10-7-11-20(16-19)38-2)27(34)23(40-29)15-17-12-13-22(33)21(14-17)32(36)37/h4-16,26,33H,3H2,1-2H3/b23-15-/t26-/m0/s1. The first-order valence-electron chi connectivity index (χ1n) is 12.2. The maximum atomic E-state index is 13.9. The lowest BCUT2D eigenvalue weighted by molar-refractivity contribution is -0.385. The zero-order chi connectivity index (χ0) is 28.4. The van der Waals surface area contributed by atoms with Gasteiger partial charge in [0.25, 0.3) is 5.56 Å². The largest absolute Gasteiger partial charge is 0.502 e. The van der Waals surface area contributed by atoms with Crippen LogP contribution in [0.4, 0.5) is 5.69 Å². The number of carbonyl (C=O) groups is 1. The molecule has 0 unspecified atom stereocenters. The minimum Gasteiger partial charge on any atom is -0.502 e. The van der Waals surface area contributed by atoms with Crippen LogP contribution in [0.15, 0.2) is 88.2 Å². The van der Waals surface area contributed by atoms with Gasteiger partial charge in [-0.2, -0.15) is 0 Å². The summed E-state index contributed by atoms with van der Waals surface area (Å²) in [6.45, 7) is 1.83. The number of nitro benzene ring substituents is 1. The number of ether oxygens (including phenoxy) is 2.